The van der Waals surface area contributed by atoms with Gasteiger partial charge >= 0.3 is 0 Å². The number of rotatable bonds is 4. The molecule has 16 heavy (non-hydrogen) atoms. The SMILES string of the molecule is Cl.NC(CNC(=O)C1CCCCO1)C1CC1. The van der Waals surface area contributed by atoms with E-state index in [4.69, 9.17) is 10.5 Å². The minimum atomic E-state index is -0.231. The number of nitrogens with two attached hydrogens (primary N) is 1. The van der Waals surface area contributed by atoms with Gasteiger partial charge in [0.15, 0.2) is 0 Å². The van der Waals surface area contributed by atoms with Crippen LogP contribution in [0.3, 0.4) is 0 Å². The van der Waals surface area contributed by atoms with Crippen molar-refractivity contribution in [2.24, 2.45) is 11.7 Å². The number of hydrogen-bond donors (Lipinski definition) is 2. The number of carbonyl (C=O) groups excluding carboxylic acids is 1. The number of hydrogen-bond acceptors (Lipinski definition) is 3. The van der Waals surface area contributed by atoms with E-state index in [2.05, 4.69) is 5.32 Å². The largest absolute Gasteiger partial charge is 0.368 e. The second kappa shape index (κ2) is 6.42. The maximum Gasteiger partial charge on any atom is 0.249 e. The van der Waals surface area contributed by atoms with Crippen LogP contribution in [0.25, 0.3) is 0 Å². The molecule has 0 aromatic carbocycles. The second-order valence-corrected chi connectivity index (χ2v) is 4.60. The van der Waals surface area contributed by atoms with Gasteiger partial charge in [-0.05, 0) is 38.0 Å². The standard InChI is InChI=1S/C11H20N2O2.ClH/c12-9(8-4-5-8)7-13-11(14)10-3-1-2-6-15-10;/h8-10H,1-7,12H2,(H,13,14);1H. The molecule has 3 N–H and O–H groups in total. The van der Waals surface area contributed by atoms with Crippen molar-refractivity contribution in [1.29, 1.82) is 0 Å². The lowest BCUT2D eigenvalue weighted by molar-refractivity contribution is -0.135. The molecular weight excluding hydrogens is 228 g/mol. The molecule has 5 heteroatoms. The Morgan fingerprint density at radius 3 is 2.69 bits per heavy atom. The summed E-state index contributed by atoms with van der Waals surface area (Å²) >= 11 is 0. The van der Waals surface area contributed by atoms with Gasteiger partial charge in [0.1, 0.15) is 6.10 Å². The summed E-state index contributed by atoms with van der Waals surface area (Å²) in [6, 6.07) is 0.137. The number of halogens is 1. The van der Waals surface area contributed by atoms with Crippen molar-refractivity contribution in [3.63, 3.8) is 0 Å². The zero-order valence-corrected chi connectivity index (χ0v) is 10.3. The molecule has 0 spiro atoms. The van der Waals surface area contributed by atoms with Crippen molar-refractivity contribution < 1.29 is 9.53 Å². The van der Waals surface area contributed by atoms with Crippen LogP contribution < -0.4 is 11.1 Å². The van der Waals surface area contributed by atoms with Gasteiger partial charge in [-0.2, -0.15) is 0 Å². The van der Waals surface area contributed by atoms with Gasteiger partial charge in [0.05, 0.1) is 0 Å². The normalized spacial score (nSPS) is 26.7. The van der Waals surface area contributed by atoms with Crippen LogP contribution in [0.15, 0.2) is 0 Å². The molecule has 4 nitrogen and oxygen atoms in total. The Labute approximate surface area is 103 Å². The summed E-state index contributed by atoms with van der Waals surface area (Å²) in [6.45, 7) is 1.32. The Bertz CT molecular complexity index is 228. The van der Waals surface area contributed by atoms with Gasteiger partial charge in [-0.3, -0.25) is 4.79 Å². The predicted molar refractivity (Wildman–Crippen MR) is 64.5 cm³/mol. The molecule has 2 aliphatic rings. The average Bonchev–Trinajstić information content (AvgIpc) is 3.10. The molecule has 1 saturated heterocycles. The van der Waals surface area contributed by atoms with E-state index in [1.165, 1.54) is 12.8 Å². The maximum absolute atomic E-state index is 11.7. The summed E-state index contributed by atoms with van der Waals surface area (Å²) in [6.07, 6.45) is 5.22. The molecule has 0 radical (unpaired) electrons. The number of ether oxygens (including phenoxy) is 1. The minimum absolute atomic E-state index is 0. The molecule has 0 aromatic rings. The average molecular weight is 249 g/mol. The highest BCUT2D eigenvalue weighted by atomic mass is 35.5. The Morgan fingerprint density at radius 1 is 1.38 bits per heavy atom. The third-order valence-corrected chi connectivity index (χ3v) is 3.21. The van der Waals surface area contributed by atoms with E-state index >= 15 is 0 Å². The fourth-order valence-electron chi connectivity index (χ4n) is 1.97. The van der Waals surface area contributed by atoms with Crippen LogP contribution >= 0.6 is 12.4 Å². The van der Waals surface area contributed by atoms with Crippen LogP contribution in [-0.4, -0.2) is 31.2 Å². The van der Waals surface area contributed by atoms with Crippen molar-refractivity contribution in [3.8, 4) is 0 Å². The monoisotopic (exact) mass is 248 g/mol. The molecule has 1 saturated carbocycles. The van der Waals surface area contributed by atoms with Crippen LogP contribution in [0.1, 0.15) is 32.1 Å². The first-order chi connectivity index (χ1) is 7.27. The molecule has 1 heterocycles. The van der Waals surface area contributed by atoms with E-state index in [9.17, 15) is 4.79 Å². The van der Waals surface area contributed by atoms with Crippen molar-refractivity contribution in [3.05, 3.63) is 0 Å². The van der Waals surface area contributed by atoms with Crippen molar-refractivity contribution >= 4 is 18.3 Å². The quantitative estimate of drug-likeness (QED) is 0.775. The molecule has 94 valence electrons. The van der Waals surface area contributed by atoms with Crippen LogP contribution in [0.4, 0.5) is 0 Å². The van der Waals surface area contributed by atoms with Gasteiger partial charge < -0.3 is 15.8 Å². The Kier molecular flexibility index (Phi) is 5.52. The first-order valence-electron chi connectivity index (χ1n) is 5.92. The molecule has 0 aromatic heterocycles. The van der Waals surface area contributed by atoms with Gasteiger partial charge in [-0.15, -0.1) is 12.4 Å². The molecule has 2 unspecified atom stereocenters. The summed E-state index contributed by atoms with van der Waals surface area (Å²) in [5, 5.41) is 2.88. The molecule has 2 rings (SSSR count). The van der Waals surface area contributed by atoms with Crippen LogP contribution in [0, 0.1) is 5.92 Å². The highest BCUT2D eigenvalue weighted by Crippen LogP contribution is 2.31. The molecule has 0 bridgehead atoms. The van der Waals surface area contributed by atoms with E-state index < -0.39 is 0 Å². The van der Waals surface area contributed by atoms with Crippen LogP contribution in [-0.2, 0) is 9.53 Å². The molecular formula is C11H21ClN2O2. The smallest absolute Gasteiger partial charge is 0.249 e. The molecule has 2 fully saturated rings. The number of nitrogens with one attached hydrogen (secondary N) is 1. The van der Waals surface area contributed by atoms with E-state index in [0.717, 1.165) is 19.3 Å². The molecule has 1 aliphatic heterocycles. The summed E-state index contributed by atoms with van der Waals surface area (Å²) < 4.78 is 5.40. The summed E-state index contributed by atoms with van der Waals surface area (Å²) in [5.41, 5.74) is 5.90. The third-order valence-electron chi connectivity index (χ3n) is 3.21. The van der Waals surface area contributed by atoms with E-state index in [1.807, 2.05) is 0 Å². The Balaban J connectivity index is 0.00000128. The highest BCUT2D eigenvalue weighted by Gasteiger charge is 2.29. The zero-order valence-electron chi connectivity index (χ0n) is 9.48. The Morgan fingerprint density at radius 2 is 2.12 bits per heavy atom. The summed E-state index contributed by atoms with van der Waals surface area (Å²) in [4.78, 5) is 11.7. The summed E-state index contributed by atoms with van der Waals surface area (Å²) in [7, 11) is 0. The van der Waals surface area contributed by atoms with Crippen LogP contribution in [0.2, 0.25) is 0 Å². The van der Waals surface area contributed by atoms with Gasteiger partial charge in [-0.25, -0.2) is 0 Å². The maximum atomic E-state index is 11.7. The van der Waals surface area contributed by atoms with E-state index in [1.54, 1.807) is 0 Å². The lowest BCUT2D eigenvalue weighted by atomic mass is 10.1. The highest BCUT2D eigenvalue weighted by molar-refractivity contribution is 5.85. The zero-order chi connectivity index (χ0) is 10.7. The topological polar surface area (TPSA) is 64.3 Å². The lowest BCUT2D eigenvalue weighted by Gasteiger charge is -2.22. The van der Waals surface area contributed by atoms with Crippen molar-refractivity contribution in [2.75, 3.05) is 13.2 Å². The minimum Gasteiger partial charge on any atom is -0.368 e. The van der Waals surface area contributed by atoms with E-state index in [0.29, 0.717) is 19.1 Å². The summed E-state index contributed by atoms with van der Waals surface area (Å²) in [5.74, 6) is 0.656. The van der Waals surface area contributed by atoms with Crippen molar-refractivity contribution in [2.45, 2.75) is 44.2 Å². The molecule has 1 amide bonds. The van der Waals surface area contributed by atoms with E-state index in [-0.39, 0.29) is 30.5 Å². The van der Waals surface area contributed by atoms with Gasteiger partial charge in [0, 0.05) is 19.2 Å². The first-order valence-corrected chi connectivity index (χ1v) is 5.92. The van der Waals surface area contributed by atoms with Gasteiger partial charge in [0.25, 0.3) is 0 Å². The first kappa shape index (κ1) is 13.7. The third kappa shape index (κ3) is 3.92. The van der Waals surface area contributed by atoms with Crippen molar-refractivity contribution in [1.82, 2.24) is 5.32 Å². The van der Waals surface area contributed by atoms with Gasteiger partial charge in [0.2, 0.25) is 5.91 Å². The molecule has 2 atom stereocenters. The van der Waals surface area contributed by atoms with Gasteiger partial charge in [-0.1, -0.05) is 0 Å². The Hall–Kier alpha value is -0.320. The number of carbonyl (C=O) groups is 1. The predicted octanol–water partition coefficient (Wildman–Crippen LogP) is 0.831. The second-order valence-electron chi connectivity index (χ2n) is 4.60. The van der Waals surface area contributed by atoms with Crippen LogP contribution in [0.5, 0.6) is 0 Å². The fourth-order valence-corrected chi connectivity index (χ4v) is 1.97. The number of amides is 1. The fraction of sp³-hybridized carbons (Fsp3) is 0.909. The lowest BCUT2D eigenvalue weighted by Crippen LogP contribution is -2.44. The molecule has 1 aliphatic carbocycles.